The van der Waals surface area contributed by atoms with Crippen LogP contribution in [0.25, 0.3) is 32.7 Å². The number of esters is 3. The average molecular weight is 1990 g/mol. The van der Waals surface area contributed by atoms with Crippen LogP contribution < -0.4 is 28.4 Å². The Kier molecular flexibility index (Phi) is 34.6. The number of rotatable bonds is 7. The number of halogens is 6. The number of alkyl halides is 6. The van der Waals surface area contributed by atoms with Crippen LogP contribution in [0.2, 0.25) is 0 Å². The molecule has 0 spiro atoms. The van der Waals surface area contributed by atoms with Crippen LogP contribution in [-0.4, -0.2) is 178 Å². The zero-order valence-corrected chi connectivity index (χ0v) is 84.9. The minimum Gasteiger partial charge on any atom is -0.540 e. The van der Waals surface area contributed by atoms with Gasteiger partial charge in [-0.05, 0) is 186 Å². The number of aromatic nitrogens is 3. The molecule has 24 nitrogen and oxygen atoms in total. The summed E-state index contributed by atoms with van der Waals surface area (Å²) in [7, 11) is 4.54. The van der Waals surface area contributed by atoms with E-state index < -0.39 is 166 Å². The minimum absolute atomic E-state index is 0. The number of methoxy groups -OCH3 is 3. The summed E-state index contributed by atoms with van der Waals surface area (Å²) in [6.45, 7) is 27.7. The summed E-state index contributed by atoms with van der Waals surface area (Å²) >= 11 is 0. The molecule has 3 saturated carbocycles. The molecule has 9 aliphatic rings. The molecule has 3 amide bonds. The first-order valence-corrected chi connectivity index (χ1v) is 46.8. The molecule has 3 aromatic carbocycles. The van der Waals surface area contributed by atoms with Crippen molar-refractivity contribution < 1.29 is 168 Å². The van der Waals surface area contributed by atoms with Gasteiger partial charge in [0.1, 0.15) is 52.4 Å². The number of hydrogen-bond donors (Lipinski definition) is 0. The Morgan fingerprint density at radius 1 is 0.407 bits per heavy atom. The number of nitrogens with zero attached hydrogens (tertiary/aromatic N) is 6. The standard InChI is InChI=1S/C35H45F2N2O6.C34H43F2N2O6.C33H41F2N2O6.3V/c1-21-28(20-40)39-19-29(21)44-31-25(16-22-12-13-24(43-6)17-27(22)38-31)35(36,37)15-8-7-10-23-11-9-14-34(23,5)45-30(41)18-26(32(39)42)33(2,3)4;1-7-23-27(19-39)38-18-28(23)43-30-24(14-20-11-12-22(42-6)15-26(20)37-30)34(35,36)13-9-8-10-21-17-33(21,5)44-29(40)16-25(31(38)41)32(2,3)4;1-19-26(18-38)37-17-27(19)42-29-23(13-20-10-11-22(41-6)14-25(20)36-29)33(34,35)12-8-7-9-21-16-32(21,5)43-28(39)15-24(30(37)40)31(2,3)4;;;/h12-13,16-17,21,23,26,28-29H,7-11,14-15,18-19H2,1-6H3;11-12,14-15,21,23,25,27-28H,7-10,13,16-18H2,1-6H3;10-11,13-14,19,21,24,26-27H,7-9,12,15-17H2,1-6H3;;;/q3*-1;;;/t21-,23+,26+,28+,29-,34+;21-,23+,25-,27-,28+,33-;19-,21+,24+,26+,27-,32+;;;/m010.../s1. The summed E-state index contributed by atoms with van der Waals surface area (Å²) in [5.41, 5.74) is -3.60. The van der Waals surface area contributed by atoms with Crippen LogP contribution in [0, 0.1) is 69.5 Å². The number of hydrogen-bond acceptors (Lipinski definition) is 21. The van der Waals surface area contributed by atoms with Crippen molar-refractivity contribution >= 4 is 87.2 Å². The normalized spacial score (nSPS) is 30.7. The SMILES string of the molecule is CC[C@@H]1[C@@H]2CN(C(=O)[C@H](C(C)(C)C)CC(=O)O[C@]3(C)C[C@H]3CCCCC(F)(F)c3cc4ccc(OC)cc4nc3O2)[C@@H]1[C-]=O.COc1ccc2cc3c(nc2c1)O[C@H]1CN(C(=O)[C@H](C(C)(C)C)CC(=O)O[C@]2(C)CCC[C@H]2CCCCC3(F)F)[C@H]([C-]=O)[C@@H]1C.COc1ccc2cc3c(nc2c1)O[C@H]1CN(C(=O)[C@H](C(C)(C)C)CC(=O)O[C@]2(C)C[C@H]2CCCCC3(F)F)[C@H]([C-]=O)[C@@H]1C.[V].[V].[V]. The number of ether oxygens (including phenoxy) is 9. The van der Waals surface area contributed by atoms with Crippen LogP contribution in [0.5, 0.6) is 34.9 Å². The number of pyridine rings is 3. The van der Waals surface area contributed by atoms with E-state index in [0.717, 1.165) is 12.8 Å². The summed E-state index contributed by atoms with van der Waals surface area (Å²) < 4.78 is 149. The van der Waals surface area contributed by atoms with Crippen LogP contribution in [-0.2, 0) is 131 Å². The van der Waals surface area contributed by atoms with Crippen molar-refractivity contribution in [3.8, 4) is 34.9 Å². The quantitative estimate of drug-likeness (QED) is 0.0621. The molecule has 33 heteroatoms. The zero-order chi connectivity index (χ0) is 96.1. The average Bonchev–Trinajstić information content (AvgIpc) is 1.72. The summed E-state index contributed by atoms with van der Waals surface area (Å²) in [5, 5.41) is 1.56. The maximum absolute atomic E-state index is 16.1. The van der Waals surface area contributed by atoms with E-state index in [2.05, 4.69) is 15.0 Å². The fourth-order valence-electron chi connectivity index (χ4n) is 20.8. The largest absolute Gasteiger partial charge is 0.540 e. The van der Waals surface area contributed by atoms with Gasteiger partial charge in [0.2, 0.25) is 35.4 Å². The van der Waals surface area contributed by atoms with Gasteiger partial charge in [-0.15, -0.1) is 0 Å². The van der Waals surface area contributed by atoms with E-state index >= 15 is 26.3 Å². The van der Waals surface area contributed by atoms with E-state index in [0.29, 0.717) is 114 Å². The molecule has 15 rings (SSSR count). The third-order valence-electron chi connectivity index (χ3n) is 29.7. The smallest absolute Gasteiger partial charge is 0.307 e. The third kappa shape index (κ3) is 24.1. The Labute approximate surface area is 823 Å². The van der Waals surface area contributed by atoms with Crippen molar-refractivity contribution in [1.82, 2.24) is 29.7 Å². The molecule has 6 aliphatic heterocycles. The topological polar surface area (TPSA) is 285 Å². The Bertz CT molecular complexity index is 5310. The predicted molar refractivity (Wildman–Crippen MR) is 481 cm³/mol. The fraction of sp³-hybridized carbons (Fsp3) is 0.647. The van der Waals surface area contributed by atoms with Gasteiger partial charge in [0.15, 0.2) is 0 Å². The maximum Gasteiger partial charge on any atom is 0.307 e. The van der Waals surface area contributed by atoms with Gasteiger partial charge in [-0.25, -0.2) is 60.2 Å². The van der Waals surface area contributed by atoms with E-state index in [9.17, 15) is 43.2 Å². The van der Waals surface area contributed by atoms with Crippen molar-refractivity contribution in [2.24, 2.45) is 69.5 Å². The maximum atomic E-state index is 16.1. The van der Waals surface area contributed by atoms with Gasteiger partial charge in [-0.1, -0.05) is 127 Å². The monoisotopic (exact) mass is 1990 g/mol. The number of benzene rings is 3. The Morgan fingerprint density at radius 2 is 0.704 bits per heavy atom. The summed E-state index contributed by atoms with van der Waals surface area (Å²) in [5.74, 6) is -15.2. The molecule has 3 saturated heterocycles. The number of carbonyl (C=O) groups excluding carboxylic acids is 9. The van der Waals surface area contributed by atoms with E-state index in [1.807, 2.05) is 109 Å². The van der Waals surface area contributed by atoms with E-state index in [1.165, 1.54) is 54.2 Å². The number of fused-ring (bicyclic) bond motifs is 15. The van der Waals surface area contributed by atoms with Crippen molar-refractivity contribution in [2.75, 3.05) is 41.0 Å². The van der Waals surface area contributed by atoms with Crippen molar-refractivity contribution in [1.29, 1.82) is 0 Å². The van der Waals surface area contributed by atoms with Crippen LogP contribution >= 0.6 is 0 Å². The Morgan fingerprint density at radius 3 is 1.01 bits per heavy atom. The first-order chi connectivity index (χ1) is 62.0. The molecule has 3 aliphatic carbocycles. The molecule has 18 atom stereocenters. The first kappa shape index (κ1) is 109. The predicted octanol–water partition coefficient (Wildman–Crippen LogP) is 19.1. The zero-order valence-electron chi connectivity index (χ0n) is 80.7. The van der Waals surface area contributed by atoms with Gasteiger partial charge in [-0.2, -0.15) is 0 Å². The third-order valence-corrected chi connectivity index (χ3v) is 29.7. The van der Waals surface area contributed by atoms with Gasteiger partial charge >= 0.3 is 17.9 Å². The number of carbonyl (C=O) groups is 6. The summed E-state index contributed by atoms with van der Waals surface area (Å²) in [4.78, 5) is 137. The molecule has 735 valence electrons. The van der Waals surface area contributed by atoms with Gasteiger partial charge < -0.3 is 71.7 Å². The molecule has 6 fully saturated rings. The molecule has 3 radical (unpaired) electrons. The molecule has 3 aromatic heterocycles. The minimum atomic E-state index is -3.25. The molecule has 0 unspecified atom stereocenters. The molecule has 135 heavy (non-hydrogen) atoms. The molecular weight excluding hydrogens is 1860 g/mol. The molecule has 6 bridgehead atoms. The Balaban J connectivity index is 0.000000207. The second kappa shape index (κ2) is 42.9. The van der Waals surface area contributed by atoms with Crippen molar-refractivity contribution in [3.05, 3.63) is 89.5 Å². The second-order valence-corrected chi connectivity index (χ2v) is 42.1. The van der Waals surface area contributed by atoms with Gasteiger partial charge in [0, 0.05) is 121 Å². The van der Waals surface area contributed by atoms with Crippen LogP contribution in [0.1, 0.15) is 255 Å². The molecular formula is C102H129F6N6O18V3-3. The van der Waals surface area contributed by atoms with E-state index in [4.69, 9.17) is 42.6 Å². The molecule has 9 heterocycles. The van der Waals surface area contributed by atoms with Crippen LogP contribution in [0.3, 0.4) is 0 Å². The summed E-state index contributed by atoms with van der Waals surface area (Å²) in [6.07, 6.45) is 10.6. The van der Waals surface area contributed by atoms with Gasteiger partial charge in [-0.3, -0.25) is 28.8 Å². The van der Waals surface area contributed by atoms with Crippen LogP contribution in [0.15, 0.2) is 72.8 Å². The van der Waals surface area contributed by atoms with Crippen LogP contribution in [0.4, 0.5) is 26.3 Å². The first-order valence-electron chi connectivity index (χ1n) is 46.8. The fourth-order valence-corrected chi connectivity index (χ4v) is 20.8. The molecule has 0 N–H and O–H groups in total. The Hall–Kier alpha value is -8.15. The van der Waals surface area contributed by atoms with E-state index in [-0.39, 0.29) is 178 Å². The van der Waals surface area contributed by atoms with Gasteiger partial charge in [0.05, 0.1) is 111 Å². The van der Waals surface area contributed by atoms with Crippen molar-refractivity contribution in [3.63, 3.8) is 0 Å². The van der Waals surface area contributed by atoms with Gasteiger partial charge in [0.25, 0.3) is 17.8 Å². The second-order valence-electron chi connectivity index (χ2n) is 42.1. The summed E-state index contributed by atoms with van der Waals surface area (Å²) in [6, 6.07) is 16.4. The van der Waals surface area contributed by atoms with Crippen molar-refractivity contribution in [2.45, 2.75) is 310 Å². The number of amides is 3. The molecule has 6 aromatic rings. The van der Waals surface area contributed by atoms with E-state index in [1.54, 1.807) is 68.4 Å².